The standard InChI is InChI=1S/C16H26BrNO/c1-4-18-11-14(9-10-19-12-13(2)3)15-7-5-6-8-16(15)17/h5-8,13-14,18H,4,9-12H2,1-3H3. The SMILES string of the molecule is CCNCC(CCOCC(C)C)c1ccccc1Br. The molecular weight excluding hydrogens is 302 g/mol. The molecule has 0 bridgehead atoms. The Morgan fingerprint density at radius 3 is 2.63 bits per heavy atom. The normalized spacial score (nSPS) is 12.9. The van der Waals surface area contributed by atoms with Gasteiger partial charge in [-0.2, -0.15) is 0 Å². The van der Waals surface area contributed by atoms with Crippen LogP contribution in [-0.2, 0) is 4.74 Å². The summed E-state index contributed by atoms with van der Waals surface area (Å²) in [5.41, 5.74) is 1.37. The zero-order valence-corrected chi connectivity index (χ0v) is 13.9. The molecule has 0 aliphatic rings. The number of halogens is 1. The van der Waals surface area contributed by atoms with Gasteiger partial charge in [-0.15, -0.1) is 0 Å². The van der Waals surface area contributed by atoms with Crippen LogP contribution in [0, 0.1) is 5.92 Å². The molecule has 0 aromatic heterocycles. The van der Waals surface area contributed by atoms with E-state index in [4.69, 9.17) is 4.74 Å². The lowest BCUT2D eigenvalue weighted by atomic mass is 9.96. The van der Waals surface area contributed by atoms with Gasteiger partial charge in [0.05, 0.1) is 0 Å². The molecule has 0 amide bonds. The molecule has 2 nitrogen and oxygen atoms in total. The molecule has 3 heteroatoms. The van der Waals surface area contributed by atoms with Crippen LogP contribution in [0.25, 0.3) is 0 Å². The van der Waals surface area contributed by atoms with Crippen LogP contribution in [0.4, 0.5) is 0 Å². The van der Waals surface area contributed by atoms with Gasteiger partial charge in [0, 0.05) is 24.2 Å². The molecular formula is C16H26BrNO. The zero-order chi connectivity index (χ0) is 14.1. The first-order valence-electron chi connectivity index (χ1n) is 7.18. The summed E-state index contributed by atoms with van der Waals surface area (Å²) in [5.74, 6) is 1.11. The van der Waals surface area contributed by atoms with Gasteiger partial charge in [0.1, 0.15) is 0 Å². The molecule has 0 aliphatic carbocycles. The van der Waals surface area contributed by atoms with E-state index >= 15 is 0 Å². The van der Waals surface area contributed by atoms with Crippen molar-refractivity contribution in [2.45, 2.75) is 33.1 Å². The molecule has 1 unspecified atom stereocenters. The highest BCUT2D eigenvalue weighted by atomic mass is 79.9. The summed E-state index contributed by atoms with van der Waals surface area (Å²) in [6.45, 7) is 10.2. The van der Waals surface area contributed by atoms with Crippen molar-refractivity contribution in [2.24, 2.45) is 5.92 Å². The summed E-state index contributed by atoms with van der Waals surface area (Å²) in [4.78, 5) is 0. The minimum absolute atomic E-state index is 0.502. The number of nitrogens with one attached hydrogen (secondary N) is 1. The average molecular weight is 328 g/mol. The number of ether oxygens (including phenoxy) is 1. The van der Waals surface area contributed by atoms with E-state index in [-0.39, 0.29) is 0 Å². The molecule has 0 heterocycles. The van der Waals surface area contributed by atoms with Crippen LogP contribution in [0.15, 0.2) is 28.7 Å². The maximum absolute atomic E-state index is 5.72. The third kappa shape index (κ3) is 6.55. The van der Waals surface area contributed by atoms with Crippen LogP contribution >= 0.6 is 15.9 Å². The van der Waals surface area contributed by atoms with E-state index in [1.165, 1.54) is 10.0 Å². The Bertz CT molecular complexity index is 354. The first kappa shape index (κ1) is 16.7. The molecule has 1 rings (SSSR count). The lowest BCUT2D eigenvalue weighted by Crippen LogP contribution is -2.22. The second-order valence-corrected chi connectivity index (χ2v) is 6.14. The largest absolute Gasteiger partial charge is 0.381 e. The Morgan fingerprint density at radius 2 is 2.00 bits per heavy atom. The van der Waals surface area contributed by atoms with Crippen molar-refractivity contribution in [3.63, 3.8) is 0 Å². The first-order chi connectivity index (χ1) is 9.15. The number of rotatable bonds is 9. The average Bonchev–Trinajstić information content (AvgIpc) is 2.39. The number of benzene rings is 1. The molecule has 19 heavy (non-hydrogen) atoms. The Hall–Kier alpha value is -0.380. The molecule has 1 aromatic carbocycles. The Balaban J connectivity index is 2.54. The van der Waals surface area contributed by atoms with Gasteiger partial charge in [-0.05, 0) is 36.4 Å². The summed E-state index contributed by atoms with van der Waals surface area (Å²) >= 11 is 3.65. The van der Waals surface area contributed by atoms with E-state index < -0.39 is 0 Å². The van der Waals surface area contributed by atoms with Crippen molar-refractivity contribution in [3.8, 4) is 0 Å². The predicted molar refractivity (Wildman–Crippen MR) is 85.7 cm³/mol. The van der Waals surface area contributed by atoms with Crippen LogP contribution in [0.1, 0.15) is 38.7 Å². The fourth-order valence-corrected chi connectivity index (χ4v) is 2.65. The zero-order valence-electron chi connectivity index (χ0n) is 12.3. The van der Waals surface area contributed by atoms with Crippen LogP contribution in [0.3, 0.4) is 0 Å². The van der Waals surface area contributed by atoms with E-state index in [1.54, 1.807) is 0 Å². The molecule has 0 aliphatic heterocycles. The van der Waals surface area contributed by atoms with Crippen LogP contribution in [0.5, 0.6) is 0 Å². The molecule has 0 spiro atoms. The van der Waals surface area contributed by atoms with Gasteiger partial charge in [0.15, 0.2) is 0 Å². The van der Waals surface area contributed by atoms with Crippen LogP contribution in [-0.4, -0.2) is 26.3 Å². The smallest absolute Gasteiger partial charge is 0.0488 e. The molecule has 0 radical (unpaired) electrons. The Labute approximate surface area is 126 Å². The van der Waals surface area contributed by atoms with Crippen LogP contribution in [0.2, 0.25) is 0 Å². The van der Waals surface area contributed by atoms with E-state index in [9.17, 15) is 0 Å². The molecule has 1 atom stereocenters. The monoisotopic (exact) mass is 327 g/mol. The molecule has 0 fully saturated rings. The number of likely N-dealkylation sites (N-methyl/N-ethyl adjacent to an activating group) is 1. The third-order valence-corrected chi connectivity index (χ3v) is 3.77. The van der Waals surface area contributed by atoms with E-state index in [1.807, 2.05) is 0 Å². The van der Waals surface area contributed by atoms with Crippen molar-refractivity contribution in [3.05, 3.63) is 34.3 Å². The second kappa shape index (κ2) is 9.51. The summed E-state index contributed by atoms with van der Waals surface area (Å²) in [5, 5.41) is 3.45. The fraction of sp³-hybridized carbons (Fsp3) is 0.625. The van der Waals surface area contributed by atoms with Gasteiger partial charge in [-0.3, -0.25) is 0 Å². The van der Waals surface area contributed by atoms with Crippen molar-refractivity contribution in [2.75, 3.05) is 26.3 Å². The highest BCUT2D eigenvalue weighted by Gasteiger charge is 2.13. The topological polar surface area (TPSA) is 21.3 Å². The van der Waals surface area contributed by atoms with Crippen molar-refractivity contribution in [1.82, 2.24) is 5.32 Å². The van der Waals surface area contributed by atoms with Crippen molar-refractivity contribution in [1.29, 1.82) is 0 Å². The minimum Gasteiger partial charge on any atom is -0.381 e. The first-order valence-corrected chi connectivity index (χ1v) is 7.97. The van der Waals surface area contributed by atoms with Gasteiger partial charge in [0.2, 0.25) is 0 Å². The fourth-order valence-electron chi connectivity index (χ4n) is 2.04. The van der Waals surface area contributed by atoms with Gasteiger partial charge in [-0.25, -0.2) is 0 Å². The molecule has 0 saturated carbocycles. The highest BCUT2D eigenvalue weighted by molar-refractivity contribution is 9.10. The minimum atomic E-state index is 0.502. The van der Waals surface area contributed by atoms with Gasteiger partial charge >= 0.3 is 0 Å². The molecule has 0 saturated heterocycles. The number of hydrogen-bond acceptors (Lipinski definition) is 2. The van der Waals surface area contributed by atoms with E-state index in [0.717, 1.165) is 32.7 Å². The van der Waals surface area contributed by atoms with Crippen molar-refractivity contribution >= 4 is 15.9 Å². The molecule has 1 N–H and O–H groups in total. The quantitative estimate of drug-likeness (QED) is 0.686. The van der Waals surface area contributed by atoms with Gasteiger partial charge in [-0.1, -0.05) is 54.9 Å². The highest BCUT2D eigenvalue weighted by Crippen LogP contribution is 2.27. The summed E-state index contributed by atoms with van der Waals surface area (Å²) in [7, 11) is 0. The van der Waals surface area contributed by atoms with Crippen LogP contribution < -0.4 is 5.32 Å². The van der Waals surface area contributed by atoms with Gasteiger partial charge < -0.3 is 10.1 Å². The maximum atomic E-state index is 5.72. The number of hydrogen-bond donors (Lipinski definition) is 1. The summed E-state index contributed by atoms with van der Waals surface area (Å²) in [6, 6.07) is 8.49. The van der Waals surface area contributed by atoms with E-state index in [2.05, 4.69) is 66.3 Å². The predicted octanol–water partition coefficient (Wildman–Crippen LogP) is 4.20. The van der Waals surface area contributed by atoms with Crippen molar-refractivity contribution < 1.29 is 4.74 Å². The maximum Gasteiger partial charge on any atom is 0.0488 e. The Morgan fingerprint density at radius 1 is 1.26 bits per heavy atom. The molecule has 108 valence electrons. The summed E-state index contributed by atoms with van der Waals surface area (Å²) < 4.78 is 6.92. The summed E-state index contributed by atoms with van der Waals surface area (Å²) in [6.07, 6.45) is 1.06. The third-order valence-electron chi connectivity index (χ3n) is 3.05. The Kier molecular flexibility index (Phi) is 8.35. The molecule has 1 aromatic rings. The van der Waals surface area contributed by atoms with Gasteiger partial charge in [0.25, 0.3) is 0 Å². The lowest BCUT2D eigenvalue weighted by molar-refractivity contribution is 0.103. The lowest BCUT2D eigenvalue weighted by Gasteiger charge is -2.19. The van der Waals surface area contributed by atoms with E-state index in [0.29, 0.717) is 11.8 Å². The second-order valence-electron chi connectivity index (χ2n) is 5.28.